The summed E-state index contributed by atoms with van der Waals surface area (Å²) in [6.07, 6.45) is 4.17. The number of benzene rings is 2. The van der Waals surface area contributed by atoms with Crippen LogP contribution in [-0.4, -0.2) is 53.7 Å². The normalized spacial score (nSPS) is 14.0. The Morgan fingerprint density at radius 3 is 2.50 bits per heavy atom. The first kappa shape index (κ1) is 23.4. The molecule has 0 unspecified atom stereocenters. The van der Waals surface area contributed by atoms with Crippen molar-refractivity contribution in [1.82, 2.24) is 25.5 Å². The third kappa shape index (κ3) is 5.39. The van der Waals surface area contributed by atoms with Gasteiger partial charge >= 0.3 is 5.97 Å². The van der Waals surface area contributed by atoms with Crippen LogP contribution in [0, 0.1) is 0 Å². The van der Waals surface area contributed by atoms with Crippen molar-refractivity contribution in [1.29, 1.82) is 0 Å². The Morgan fingerprint density at radius 2 is 1.79 bits per heavy atom. The summed E-state index contributed by atoms with van der Waals surface area (Å²) in [6.45, 7) is -0.0794. The molecule has 2 aromatic carbocycles. The molecule has 3 aromatic rings. The number of carbonyl (C=O) groups excluding carboxylic acids is 2. The predicted molar refractivity (Wildman–Crippen MR) is 122 cm³/mol. The summed E-state index contributed by atoms with van der Waals surface area (Å²) in [7, 11) is -2.72. The second kappa shape index (κ2) is 10.00. The summed E-state index contributed by atoms with van der Waals surface area (Å²) in [5.41, 5.74) is 0.883. The zero-order valence-electron chi connectivity index (χ0n) is 18.5. The van der Waals surface area contributed by atoms with Gasteiger partial charge in [0.05, 0.1) is 23.3 Å². The Labute approximate surface area is 196 Å². The molecular formula is C22H24N6O5S. The SMILES string of the molecule is COC(=O)c1ccc(S(=O)(=O)Nc2ccccc2-c2nnn(CC(=O)NC3CCCC3)n2)cc1. The average Bonchev–Trinajstić information content (AvgIpc) is 3.51. The number of esters is 1. The largest absolute Gasteiger partial charge is 0.465 e. The van der Waals surface area contributed by atoms with Crippen LogP contribution in [0.4, 0.5) is 5.69 Å². The number of nitrogens with one attached hydrogen (secondary N) is 2. The van der Waals surface area contributed by atoms with Crippen LogP contribution in [0.25, 0.3) is 11.4 Å². The molecule has 0 spiro atoms. The zero-order chi connectivity index (χ0) is 24.1. The third-order valence-electron chi connectivity index (χ3n) is 5.46. The van der Waals surface area contributed by atoms with Crippen molar-refractivity contribution in [2.75, 3.05) is 11.8 Å². The van der Waals surface area contributed by atoms with Crippen LogP contribution in [0.15, 0.2) is 53.4 Å². The van der Waals surface area contributed by atoms with E-state index in [4.69, 9.17) is 0 Å². The van der Waals surface area contributed by atoms with Crippen LogP contribution in [0.2, 0.25) is 0 Å². The minimum Gasteiger partial charge on any atom is -0.465 e. The number of hydrogen-bond acceptors (Lipinski definition) is 8. The molecule has 34 heavy (non-hydrogen) atoms. The minimum absolute atomic E-state index is 0.0323. The lowest BCUT2D eigenvalue weighted by atomic mass is 10.2. The van der Waals surface area contributed by atoms with Crippen LogP contribution < -0.4 is 10.0 Å². The summed E-state index contributed by atoms with van der Waals surface area (Å²) in [5.74, 6) is -0.582. The van der Waals surface area contributed by atoms with Gasteiger partial charge in [0, 0.05) is 11.6 Å². The number of ether oxygens (including phenoxy) is 1. The number of rotatable bonds is 8. The van der Waals surface area contributed by atoms with E-state index in [2.05, 4.69) is 30.2 Å². The van der Waals surface area contributed by atoms with Gasteiger partial charge in [-0.05, 0) is 54.5 Å². The lowest BCUT2D eigenvalue weighted by Crippen LogP contribution is -2.35. The van der Waals surface area contributed by atoms with E-state index in [0.29, 0.717) is 5.56 Å². The molecule has 0 radical (unpaired) electrons. The smallest absolute Gasteiger partial charge is 0.337 e. The molecule has 0 bridgehead atoms. The maximum absolute atomic E-state index is 12.9. The van der Waals surface area contributed by atoms with Gasteiger partial charge in [-0.2, -0.15) is 4.80 Å². The number of aromatic nitrogens is 4. The van der Waals surface area contributed by atoms with Crippen molar-refractivity contribution in [3.8, 4) is 11.4 Å². The van der Waals surface area contributed by atoms with Gasteiger partial charge in [0.15, 0.2) is 0 Å². The molecule has 4 rings (SSSR count). The Morgan fingerprint density at radius 1 is 1.09 bits per heavy atom. The first-order chi connectivity index (χ1) is 16.4. The molecular weight excluding hydrogens is 460 g/mol. The molecule has 1 fully saturated rings. The van der Waals surface area contributed by atoms with Crippen molar-refractivity contribution in [3.63, 3.8) is 0 Å². The Hall–Kier alpha value is -3.80. The fourth-order valence-electron chi connectivity index (χ4n) is 3.75. The van der Waals surface area contributed by atoms with Gasteiger partial charge in [-0.3, -0.25) is 9.52 Å². The molecule has 0 aliphatic heterocycles. The van der Waals surface area contributed by atoms with Crippen LogP contribution in [0.3, 0.4) is 0 Å². The van der Waals surface area contributed by atoms with Gasteiger partial charge in [0.1, 0.15) is 6.54 Å². The molecule has 178 valence electrons. The van der Waals surface area contributed by atoms with E-state index in [1.807, 2.05) is 0 Å². The maximum atomic E-state index is 12.9. The van der Waals surface area contributed by atoms with Crippen molar-refractivity contribution >= 4 is 27.6 Å². The highest BCUT2D eigenvalue weighted by Crippen LogP contribution is 2.27. The molecule has 11 nitrogen and oxygen atoms in total. The second-order valence-electron chi connectivity index (χ2n) is 7.86. The molecule has 0 atom stereocenters. The second-order valence-corrected chi connectivity index (χ2v) is 9.54. The van der Waals surface area contributed by atoms with Crippen molar-refractivity contribution in [2.24, 2.45) is 0 Å². The topological polar surface area (TPSA) is 145 Å². The number of sulfonamides is 1. The van der Waals surface area contributed by atoms with Gasteiger partial charge in [-0.1, -0.05) is 25.0 Å². The first-order valence-corrected chi connectivity index (χ1v) is 12.2. The zero-order valence-corrected chi connectivity index (χ0v) is 19.3. The minimum atomic E-state index is -3.97. The van der Waals surface area contributed by atoms with Gasteiger partial charge in [0.2, 0.25) is 11.7 Å². The van der Waals surface area contributed by atoms with Gasteiger partial charge in [-0.25, -0.2) is 13.2 Å². The number of nitrogens with zero attached hydrogens (tertiary/aromatic N) is 4. The first-order valence-electron chi connectivity index (χ1n) is 10.7. The van der Waals surface area contributed by atoms with Gasteiger partial charge < -0.3 is 10.1 Å². The number of amides is 1. The molecule has 0 saturated heterocycles. The van der Waals surface area contributed by atoms with Gasteiger partial charge in [0.25, 0.3) is 10.0 Å². The summed E-state index contributed by atoms with van der Waals surface area (Å²) in [6, 6.07) is 12.2. The molecule has 1 heterocycles. The highest BCUT2D eigenvalue weighted by molar-refractivity contribution is 7.92. The predicted octanol–water partition coefficient (Wildman–Crippen LogP) is 1.99. The summed E-state index contributed by atoms with van der Waals surface area (Å²) in [5, 5.41) is 15.1. The Bertz CT molecular complexity index is 1280. The Kier molecular flexibility index (Phi) is 6.87. The van der Waals surface area contributed by atoms with Crippen molar-refractivity contribution in [3.05, 3.63) is 54.1 Å². The van der Waals surface area contributed by atoms with Crippen molar-refractivity contribution in [2.45, 2.75) is 43.2 Å². The maximum Gasteiger partial charge on any atom is 0.337 e. The number of para-hydroxylation sites is 1. The molecule has 1 saturated carbocycles. The number of tetrazole rings is 1. The molecule has 1 aliphatic rings. The molecule has 1 amide bonds. The van der Waals surface area contributed by atoms with E-state index in [0.717, 1.165) is 25.7 Å². The standard InChI is InChI=1S/C22H24N6O5S/c1-33-22(30)15-10-12-17(13-11-15)34(31,32)26-19-9-5-4-8-18(19)21-24-27-28(25-21)14-20(29)23-16-6-2-3-7-16/h4-5,8-13,16,26H,2-3,6-7,14H2,1H3,(H,23,29). The van der Waals surface area contributed by atoms with E-state index in [9.17, 15) is 18.0 Å². The number of carbonyl (C=O) groups is 2. The monoisotopic (exact) mass is 484 g/mol. The molecule has 12 heteroatoms. The number of anilines is 1. The number of hydrogen-bond donors (Lipinski definition) is 2. The highest BCUT2D eigenvalue weighted by Gasteiger charge is 2.21. The molecule has 2 N–H and O–H groups in total. The van der Waals surface area contributed by atoms with Crippen LogP contribution >= 0.6 is 0 Å². The van der Waals surface area contributed by atoms with E-state index in [-0.39, 0.29) is 40.5 Å². The summed E-state index contributed by atoms with van der Waals surface area (Å²) < 4.78 is 33.0. The summed E-state index contributed by atoms with van der Waals surface area (Å²) >= 11 is 0. The lowest BCUT2D eigenvalue weighted by Gasteiger charge is -2.11. The van der Waals surface area contributed by atoms with Crippen LogP contribution in [0.5, 0.6) is 0 Å². The van der Waals surface area contributed by atoms with Crippen molar-refractivity contribution < 1.29 is 22.7 Å². The fraction of sp³-hybridized carbons (Fsp3) is 0.318. The van der Waals surface area contributed by atoms with E-state index in [1.165, 1.54) is 36.2 Å². The van der Waals surface area contributed by atoms with Crippen LogP contribution in [-0.2, 0) is 26.1 Å². The summed E-state index contributed by atoms with van der Waals surface area (Å²) in [4.78, 5) is 25.0. The molecule has 1 aromatic heterocycles. The Balaban J connectivity index is 1.50. The fourth-order valence-corrected chi connectivity index (χ4v) is 4.83. The average molecular weight is 485 g/mol. The number of methoxy groups -OCH3 is 1. The van der Waals surface area contributed by atoms with E-state index < -0.39 is 16.0 Å². The van der Waals surface area contributed by atoms with E-state index >= 15 is 0 Å². The highest BCUT2D eigenvalue weighted by atomic mass is 32.2. The van der Waals surface area contributed by atoms with Crippen LogP contribution in [0.1, 0.15) is 36.0 Å². The van der Waals surface area contributed by atoms with Gasteiger partial charge in [-0.15, -0.1) is 10.2 Å². The van der Waals surface area contributed by atoms with E-state index in [1.54, 1.807) is 24.3 Å². The quantitative estimate of drug-likeness (QED) is 0.462. The lowest BCUT2D eigenvalue weighted by molar-refractivity contribution is -0.122. The molecule has 1 aliphatic carbocycles. The third-order valence-corrected chi connectivity index (χ3v) is 6.84.